The van der Waals surface area contributed by atoms with Gasteiger partial charge in [-0.15, -0.1) is 0 Å². The average molecular weight is 224 g/mol. The molecule has 0 radical (unpaired) electrons. The molecule has 3 nitrogen and oxygen atoms in total. The second-order valence-electron chi connectivity index (χ2n) is 6.56. The fraction of sp³-hybridized carbons (Fsp3) is 0.923. The highest BCUT2D eigenvalue weighted by molar-refractivity contribution is 5.83. The number of nitrogens with two attached hydrogens (primary N) is 1. The van der Waals surface area contributed by atoms with Gasteiger partial charge in [-0.25, -0.2) is 0 Å². The van der Waals surface area contributed by atoms with E-state index >= 15 is 0 Å². The molecule has 16 heavy (non-hydrogen) atoms. The summed E-state index contributed by atoms with van der Waals surface area (Å²) < 4.78 is 0. The predicted molar refractivity (Wildman–Crippen MR) is 64.9 cm³/mol. The molecule has 92 valence electrons. The second-order valence-corrected chi connectivity index (χ2v) is 6.56. The van der Waals surface area contributed by atoms with E-state index in [1.165, 1.54) is 0 Å². The summed E-state index contributed by atoms with van der Waals surface area (Å²) in [4.78, 5) is 14.5. The molecule has 0 bridgehead atoms. The van der Waals surface area contributed by atoms with E-state index in [9.17, 15) is 4.79 Å². The summed E-state index contributed by atoms with van der Waals surface area (Å²) >= 11 is 0. The van der Waals surface area contributed by atoms with Crippen LogP contribution in [0.2, 0.25) is 0 Å². The fourth-order valence-corrected chi connectivity index (χ4v) is 3.11. The van der Waals surface area contributed by atoms with Gasteiger partial charge in [0.05, 0.1) is 5.41 Å². The van der Waals surface area contributed by atoms with Crippen molar-refractivity contribution in [3.63, 3.8) is 0 Å². The zero-order chi connectivity index (χ0) is 12.0. The van der Waals surface area contributed by atoms with Crippen molar-refractivity contribution < 1.29 is 4.79 Å². The highest BCUT2D eigenvalue weighted by atomic mass is 16.2. The molecule has 1 aliphatic heterocycles. The number of carbonyl (C=O) groups excluding carboxylic acids is 1. The third-order valence-corrected chi connectivity index (χ3v) is 4.48. The molecular formula is C13H24N2O. The third-order valence-electron chi connectivity index (χ3n) is 4.48. The van der Waals surface area contributed by atoms with Gasteiger partial charge in [0.25, 0.3) is 0 Å². The molecule has 2 rings (SSSR count). The number of nitrogens with zero attached hydrogens (tertiary/aromatic N) is 1. The van der Waals surface area contributed by atoms with Gasteiger partial charge in [0, 0.05) is 19.1 Å². The first kappa shape index (κ1) is 11.9. The van der Waals surface area contributed by atoms with Crippen LogP contribution in [0.15, 0.2) is 0 Å². The van der Waals surface area contributed by atoms with Crippen LogP contribution in [0.1, 0.15) is 46.5 Å². The van der Waals surface area contributed by atoms with Gasteiger partial charge < -0.3 is 10.6 Å². The molecule has 0 spiro atoms. The number of rotatable bonds is 1. The zero-order valence-electron chi connectivity index (χ0n) is 10.8. The van der Waals surface area contributed by atoms with Gasteiger partial charge in [-0.2, -0.15) is 0 Å². The normalized spacial score (nSPS) is 38.0. The van der Waals surface area contributed by atoms with E-state index in [1.54, 1.807) is 0 Å². The summed E-state index contributed by atoms with van der Waals surface area (Å²) in [6.45, 7) is 8.33. The molecule has 2 fully saturated rings. The third kappa shape index (κ3) is 1.86. The molecule has 1 saturated carbocycles. The molecule has 1 heterocycles. The lowest BCUT2D eigenvalue weighted by molar-refractivity contribution is -0.140. The maximum Gasteiger partial charge on any atom is 0.230 e. The highest BCUT2D eigenvalue weighted by Gasteiger charge is 2.47. The van der Waals surface area contributed by atoms with Gasteiger partial charge in [0.2, 0.25) is 5.91 Å². The molecule has 3 heteroatoms. The SMILES string of the molecule is CC1(C)CCN(C(=O)C2(C)CCCC2N)C1. The topological polar surface area (TPSA) is 46.3 Å². The van der Waals surface area contributed by atoms with Crippen LogP contribution < -0.4 is 5.73 Å². The number of hydrogen-bond acceptors (Lipinski definition) is 2. The van der Waals surface area contributed by atoms with Gasteiger partial charge in [-0.05, 0) is 31.6 Å². The van der Waals surface area contributed by atoms with Crippen LogP contribution in [-0.4, -0.2) is 29.9 Å². The zero-order valence-corrected chi connectivity index (χ0v) is 10.8. The Morgan fingerprint density at radius 2 is 2.00 bits per heavy atom. The number of likely N-dealkylation sites (tertiary alicyclic amines) is 1. The Labute approximate surface area is 98.4 Å². The van der Waals surface area contributed by atoms with Crippen molar-refractivity contribution in [3.05, 3.63) is 0 Å². The van der Waals surface area contributed by atoms with Crippen molar-refractivity contribution in [3.8, 4) is 0 Å². The lowest BCUT2D eigenvalue weighted by atomic mass is 9.83. The van der Waals surface area contributed by atoms with Crippen molar-refractivity contribution in [2.45, 2.75) is 52.5 Å². The molecule has 0 aromatic rings. The molecule has 0 aromatic heterocycles. The predicted octanol–water partition coefficient (Wildman–Crippen LogP) is 1.76. The first-order chi connectivity index (χ1) is 7.35. The van der Waals surface area contributed by atoms with Crippen molar-refractivity contribution in [2.75, 3.05) is 13.1 Å². The molecule has 1 amide bonds. The Kier molecular flexibility index (Phi) is 2.77. The maximum atomic E-state index is 12.5. The van der Waals surface area contributed by atoms with Crippen LogP contribution in [0, 0.1) is 10.8 Å². The number of hydrogen-bond donors (Lipinski definition) is 1. The smallest absolute Gasteiger partial charge is 0.230 e. The minimum absolute atomic E-state index is 0.0590. The van der Waals surface area contributed by atoms with E-state index in [-0.39, 0.29) is 16.9 Å². The van der Waals surface area contributed by atoms with Gasteiger partial charge in [-0.1, -0.05) is 20.3 Å². The monoisotopic (exact) mass is 224 g/mol. The van der Waals surface area contributed by atoms with Gasteiger partial charge in [0.15, 0.2) is 0 Å². The standard InChI is InChI=1S/C13H24N2O/c1-12(2)7-8-15(9-12)11(16)13(3)6-4-5-10(13)14/h10H,4-9,14H2,1-3H3. The summed E-state index contributed by atoms with van der Waals surface area (Å²) in [5.41, 5.74) is 6.10. The molecule has 2 unspecified atom stereocenters. The highest BCUT2D eigenvalue weighted by Crippen LogP contribution is 2.40. The quantitative estimate of drug-likeness (QED) is 0.737. The van der Waals surface area contributed by atoms with Crippen molar-refractivity contribution in [1.82, 2.24) is 4.90 Å². The van der Waals surface area contributed by atoms with Crippen LogP contribution in [0.5, 0.6) is 0 Å². The van der Waals surface area contributed by atoms with Gasteiger partial charge in [0.1, 0.15) is 0 Å². The Hall–Kier alpha value is -0.570. The van der Waals surface area contributed by atoms with E-state index in [0.717, 1.165) is 38.8 Å². The van der Waals surface area contributed by atoms with E-state index in [4.69, 9.17) is 5.73 Å². The Morgan fingerprint density at radius 1 is 1.31 bits per heavy atom. The van der Waals surface area contributed by atoms with Gasteiger partial charge >= 0.3 is 0 Å². The summed E-state index contributed by atoms with van der Waals surface area (Å²) in [6, 6.07) is 0.0590. The van der Waals surface area contributed by atoms with Crippen molar-refractivity contribution in [2.24, 2.45) is 16.6 Å². The number of amides is 1. The summed E-state index contributed by atoms with van der Waals surface area (Å²) in [5.74, 6) is 0.295. The van der Waals surface area contributed by atoms with Crippen LogP contribution in [0.4, 0.5) is 0 Å². The molecule has 1 saturated heterocycles. The second kappa shape index (κ2) is 3.73. The van der Waals surface area contributed by atoms with Crippen LogP contribution in [0.3, 0.4) is 0 Å². The van der Waals surface area contributed by atoms with Crippen molar-refractivity contribution >= 4 is 5.91 Å². The van der Waals surface area contributed by atoms with Crippen LogP contribution in [-0.2, 0) is 4.79 Å². The Morgan fingerprint density at radius 3 is 2.44 bits per heavy atom. The van der Waals surface area contributed by atoms with Crippen LogP contribution in [0.25, 0.3) is 0 Å². The van der Waals surface area contributed by atoms with E-state index in [0.29, 0.717) is 5.91 Å². The Bertz CT molecular complexity index is 300. The lowest BCUT2D eigenvalue weighted by Gasteiger charge is -2.33. The minimum atomic E-state index is -0.291. The first-order valence-corrected chi connectivity index (χ1v) is 6.40. The van der Waals surface area contributed by atoms with E-state index in [1.807, 2.05) is 4.90 Å². The summed E-state index contributed by atoms with van der Waals surface area (Å²) in [5, 5.41) is 0. The molecule has 1 aliphatic carbocycles. The van der Waals surface area contributed by atoms with Crippen LogP contribution >= 0.6 is 0 Å². The molecular weight excluding hydrogens is 200 g/mol. The first-order valence-electron chi connectivity index (χ1n) is 6.40. The molecule has 0 aromatic carbocycles. The Balaban J connectivity index is 2.08. The number of carbonyl (C=O) groups is 1. The average Bonchev–Trinajstić information content (AvgIpc) is 2.71. The van der Waals surface area contributed by atoms with Gasteiger partial charge in [-0.3, -0.25) is 4.79 Å². The van der Waals surface area contributed by atoms with E-state index in [2.05, 4.69) is 20.8 Å². The summed E-state index contributed by atoms with van der Waals surface area (Å²) in [7, 11) is 0. The largest absolute Gasteiger partial charge is 0.342 e. The fourth-order valence-electron chi connectivity index (χ4n) is 3.11. The lowest BCUT2D eigenvalue weighted by Crippen LogP contribution is -2.48. The maximum absolute atomic E-state index is 12.5. The molecule has 2 N–H and O–H groups in total. The molecule has 2 aliphatic rings. The molecule has 2 atom stereocenters. The minimum Gasteiger partial charge on any atom is -0.342 e. The summed E-state index contributed by atoms with van der Waals surface area (Å²) in [6.07, 6.45) is 4.17. The van der Waals surface area contributed by atoms with E-state index < -0.39 is 0 Å². The van der Waals surface area contributed by atoms with Crippen molar-refractivity contribution in [1.29, 1.82) is 0 Å².